The molecule has 0 radical (unpaired) electrons. The number of aliphatic hydroxyl groups excluding tert-OH is 1. The number of amides is 1. The zero-order chi connectivity index (χ0) is 27.6. The number of ether oxygens (including phenoxy) is 2. The molecule has 8 nitrogen and oxygen atoms in total. The van der Waals surface area contributed by atoms with Gasteiger partial charge in [-0.15, -0.1) is 0 Å². The van der Waals surface area contributed by atoms with E-state index < -0.39 is 23.7 Å². The molecule has 1 unspecified atom stereocenters. The van der Waals surface area contributed by atoms with Crippen LogP contribution in [0.5, 0.6) is 5.75 Å². The van der Waals surface area contributed by atoms with Crippen LogP contribution in [0.15, 0.2) is 54.1 Å². The Balaban J connectivity index is 1.89. The Morgan fingerprint density at radius 3 is 2.50 bits per heavy atom. The van der Waals surface area contributed by atoms with E-state index in [4.69, 9.17) is 9.47 Å². The van der Waals surface area contributed by atoms with Crippen molar-refractivity contribution in [1.82, 2.24) is 4.98 Å². The first-order valence-electron chi connectivity index (χ1n) is 12.4. The van der Waals surface area contributed by atoms with Gasteiger partial charge >= 0.3 is 11.9 Å². The van der Waals surface area contributed by atoms with E-state index in [1.54, 1.807) is 31.2 Å². The summed E-state index contributed by atoms with van der Waals surface area (Å²) >= 11 is 0.966. The number of carbonyl (C=O) groups excluding carboxylic acids is 3. The molecule has 2 aromatic carbocycles. The molecule has 38 heavy (non-hydrogen) atoms. The smallest absolute Gasteiger partial charge is 0.350 e. The van der Waals surface area contributed by atoms with Gasteiger partial charge < -0.3 is 14.6 Å². The normalized spacial score (nSPS) is 16.8. The maximum atomic E-state index is 13.4. The lowest BCUT2D eigenvalue weighted by Crippen LogP contribution is -2.29. The lowest BCUT2D eigenvalue weighted by molar-refractivity contribution is -0.132. The summed E-state index contributed by atoms with van der Waals surface area (Å²) in [5.74, 6) is -1.75. The number of aryl methyl sites for hydroxylation is 1. The van der Waals surface area contributed by atoms with Gasteiger partial charge in [0.1, 0.15) is 16.4 Å². The average molecular weight is 535 g/mol. The molecule has 198 valence electrons. The zero-order valence-corrected chi connectivity index (χ0v) is 22.8. The molecule has 0 saturated carbocycles. The quantitative estimate of drug-likeness (QED) is 0.169. The van der Waals surface area contributed by atoms with Crippen LogP contribution < -0.4 is 9.64 Å². The molecule has 1 aliphatic rings. The third-order valence-electron chi connectivity index (χ3n) is 6.31. The highest BCUT2D eigenvalue weighted by Gasteiger charge is 2.48. The molecule has 1 aromatic heterocycles. The van der Waals surface area contributed by atoms with Crippen molar-refractivity contribution in [3.05, 3.63) is 81.4 Å². The summed E-state index contributed by atoms with van der Waals surface area (Å²) in [6, 6.07) is 13.4. The molecular weight excluding hydrogens is 504 g/mol. The number of ketones is 1. The molecule has 1 aliphatic heterocycles. The van der Waals surface area contributed by atoms with Crippen molar-refractivity contribution in [1.29, 1.82) is 0 Å². The van der Waals surface area contributed by atoms with Crippen LogP contribution in [0.1, 0.15) is 71.2 Å². The van der Waals surface area contributed by atoms with Crippen molar-refractivity contribution < 1.29 is 29.0 Å². The summed E-state index contributed by atoms with van der Waals surface area (Å²) in [7, 11) is 1.27. The fraction of sp³-hybridized carbons (Fsp3) is 0.310. The van der Waals surface area contributed by atoms with E-state index in [1.807, 2.05) is 31.2 Å². The second-order valence-corrected chi connectivity index (χ2v) is 10.2. The van der Waals surface area contributed by atoms with E-state index in [1.165, 1.54) is 12.0 Å². The standard InChI is InChI=1S/C29H30N2O6S/c1-6-14-37-21-9-7-8-20(15-21)24(32)22-23(19-12-10-18(11-13-19)16(2)3)31(27(34)25(22)33)29-30-17(4)26(38-29)28(35)36-5/h7-13,15-16,23,32H,6,14H2,1-5H3. The first kappa shape index (κ1) is 27.1. The molecule has 0 aliphatic carbocycles. The van der Waals surface area contributed by atoms with Crippen LogP contribution in [-0.2, 0) is 14.3 Å². The summed E-state index contributed by atoms with van der Waals surface area (Å²) in [5.41, 5.74) is 2.39. The SMILES string of the molecule is CCCOc1cccc(C(O)=C2C(=O)C(=O)N(c3nc(C)c(C(=O)OC)s3)C2c2ccc(C(C)C)cc2)c1. The molecule has 1 fully saturated rings. The molecular formula is C29H30N2O6S. The minimum atomic E-state index is -0.951. The van der Waals surface area contributed by atoms with Crippen LogP contribution >= 0.6 is 11.3 Å². The summed E-state index contributed by atoms with van der Waals surface area (Å²) in [4.78, 5) is 45.0. The Kier molecular flexibility index (Phi) is 7.97. The molecule has 9 heteroatoms. The van der Waals surface area contributed by atoms with Gasteiger partial charge in [-0.2, -0.15) is 0 Å². The number of hydrogen-bond acceptors (Lipinski definition) is 8. The second-order valence-electron chi connectivity index (χ2n) is 9.27. The molecule has 3 aromatic rings. The predicted molar refractivity (Wildman–Crippen MR) is 146 cm³/mol. The van der Waals surface area contributed by atoms with Crippen molar-refractivity contribution in [3.8, 4) is 5.75 Å². The van der Waals surface area contributed by atoms with Crippen molar-refractivity contribution in [2.75, 3.05) is 18.6 Å². The Morgan fingerprint density at radius 1 is 1.16 bits per heavy atom. The van der Waals surface area contributed by atoms with Gasteiger partial charge in [0.25, 0.3) is 5.78 Å². The zero-order valence-electron chi connectivity index (χ0n) is 22.0. The molecule has 1 N–H and O–H groups in total. The second kappa shape index (κ2) is 11.2. The van der Waals surface area contributed by atoms with Gasteiger partial charge in [0.2, 0.25) is 0 Å². The van der Waals surface area contributed by atoms with Crippen LogP contribution in [-0.4, -0.2) is 41.5 Å². The van der Waals surface area contributed by atoms with Crippen molar-refractivity contribution in [3.63, 3.8) is 0 Å². The number of aliphatic hydroxyl groups is 1. The number of anilines is 1. The van der Waals surface area contributed by atoms with Crippen LogP contribution in [0, 0.1) is 6.92 Å². The van der Waals surface area contributed by atoms with Gasteiger partial charge in [0.15, 0.2) is 5.13 Å². The summed E-state index contributed by atoms with van der Waals surface area (Å²) < 4.78 is 10.5. The van der Waals surface area contributed by atoms with Crippen LogP contribution in [0.3, 0.4) is 0 Å². The summed E-state index contributed by atoms with van der Waals surface area (Å²) in [5, 5.41) is 11.6. The van der Waals surface area contributed by atoms with E-state index in [-0.39, 0.29) is 27.3 Å². The van der Waals surface area contributed by atoms with E-state index >= 15 is 0 Å². The first-order valence-corrected chi connectivity index (χ1v) is 13.2. The lowest BCUT2D eigenvalue weighted by atomic mass is 9.93. The monoisotopic (exact) mass is 534 g/mol. The third kappa shape index (κ3) is 5.06. The highest BCUT2D eigenvalue weighted by atomic mass is 32.1. The van der Waals surface area contributed by atoms with E-state index in [0.717, 1.165) is 23.3 Å². The minimum absolute atomic E-state index is 0.0626. The maximum absolute atomic E-state index is 13.4. The summed E-state index contributed by atoms with van der Waals surface area (Å²) in [6.07, 6.45) is 0.814. The number of benzene rings is 2. The van der Waals surface area contributed by atoms with Gasteiger partial charge in [0, 0.05) is 5.56 Å². The number of Topliss-reactive ketones (excluding diaryl/α,β-unsaturated/α-hetero) is 1. The lowest BCUT2D eigenvalue weighted by Gasteiger charge is -2.23. The van der Waals surface area contributed by atoms with Gasteiger partial charge in [-0.1, -0.05) is 68.5 Å². The van der Waals surface area contributed by atoms with Gasteiger partial charge in [0.05, 0.1) is 31.0 Å². The van der Waals surface area contributed by atoms with E-state index in [9.17, 15) is 19.5 Å². The number of methoxy groups -OCH3 is 1. The first-order chi connectivity index (χ1) is 18.2. The number of carbonyl (C=O) groups is 3. The minimum Gasteiger partial charge on any atom is -0.507 e. The number of hydrogen-bond donors (Lipinski definition) is 1. The van der Waals surface area contributed by atoms with E-state index in [0.29, 0.717) is 29.2 Å². The maximum Gasteiger partial charge on any atom is 0.350 e. The summed E-state index contributed by atoms with van der Waals surface area (Å²) in [6.45, 7) is 8.27. The van der Waals surface area contributed by atoms with Crippen molar-refractivity contribution in [2.45, 2.75) is 46.1 Å². The molecule has 1 atom stereocenters. The molecule has 0 spiro atoms. The van der Waals surface area contributed by atoms with Crippen LogP contribution in [0.25, 0.3) is 5.76 Å². The Hall–Kier alpha value is -3.98. The van der Waals surface area contributed by atoms with Crippen molar-refractivity contribution in [2.24, 2.45) is 0 Å². The number of rotatable bonds is 8. The fourth-order valence-corrected chi connectivity index (χ4v) is 5.30. The van der Waals surface area contributed by atoms with Gasteiger partial charge in [-0.05, 0) is 42.5 Å². The highest BCUT2D eigenvalue weighted by Crippen LogP contribution is 2.44. The van der Waals surface area contributed by atoms with Gasteiger partial charge in [-0.3, -0.25) is 14.5 Å². The molecule has 2 heterocycles. The molecule has 1 saturated heterocycles. The fourth-order valence-electron chi connectivity index (χ4n) is 4.28. The third-order valence-corrected chi connectivity index (χ3v) is 7.44. The Bertz CT molecular complexity index is 1410. The number of thiazole rings is 1. The number of aromatic nitrogens is 1. The van der Waals surface area contributed by atoms with Gasteiger partial charge in [-0.25, -0.2) is 9.78 Å². The largest absolute Gasteiger partial charge is 0.507 e. The number of nitrogens with zero attached hydrogens (tertiary/aromatic N) is 2. The Labute approximate surface area is 225 Å². The van der Waals surface area contributed by atoms with Crippen LogP contribution in [0.4, 0.5) is 5.13 Å². The van der Waals surface area contributed by atoms with Crippen molar-refractivity contribution >= 4 is 39.9 Å². The Morgan fingerprint density at radius 2 is 1.87 bits per heavy atom. The number of esters is 1. The predicted octanol–water partition coefficient (Wildman–Crippen LogP) is 5.78. The average Bonchev–Trinajstić information content (AvgIpc) is 3.43. The topological polar surface area (TPSA) is 106 Å². The van der Waals surface area contributed by atoms with Crippen LogP contribution in [0.2, 0.25) is 0 Å². The van der Waals surface area contributed by atoms with E-state index in [2.05, 4.69) is 18.8 Å². The molecule has 0 bridgehead atoms. The molecule has 1 amide bonds. The molecule has 4 rings (SSSR count). The highest BCUT2D eigenvalue weighted by molar-refractivity contribution is 7.17.